The average Bonchev–Trinajstić information content (AvgIpc) is 2.35. The van der Waals surface area contributed by atoms with Crippen molar-refractivity contribution >= 4 is 25.8 Å². The highest BCUT2D eigenvalue weighted by Crippen LogP contribution is 2.62. The third-order valence-electron chi connectivity index (χ3n) is 2.96. The molecule has 0 N–H and O–H groups in total. The predicted octanol–water partition coefficient (Wildman–Crippen LogP) is 1.86. The molecule has 0 bridgehead atoms. The van der Waals surface area contributed by atoms with Gasteiger partial charge in [0.15, 0.2) is 0 Å². The van der Waals surface area contributed by atoms with E-state index in [1.165, 1.54) is 11.4 Å². The fourth-order valence-electron chi connectivity index (χ4n) is 1.91. The quantitative estimate of drug-likeness (QED) is 0.471. The van der Waals surface area contributed by atoms with Gasteiger partial charge in [0.2, 0.25) is 0 Å². The van der Waals surface area contributed by atoms with Gasteiger partial charge in [-0.15, -0.1) is 0 Å². The molecule has 2 rings (SSSR count). The number of hydrogen-bond donors (Lipinski definition) is 0. The summed E-state index contributed by atoms with van der Waals surface area (Å²) in [7, 11) is 5.74. The molecule has 2 aliphatic rings. The molecule has 2 fully saturated rings. The van der Waals surface area contributed by atoms with E-state index in [4.69, 9.17) is 17.1 Å². The van der Waals surface area contributed by atoms with Crippen molar-refractivity contribution in [2.24, 2.45) is 5.92 Å². The van der Waals surface area contributed by atoms with Crippen LogP contribution in [-0.4, -0.2) is 38.5 Å². The summed E-state index contributed by atoms with van der Waals surface area (Å²) in [5.74, 6) is 1.11. The SMILES string of the molecule is [B][C@H]1CC(C)[C@]2(COP(C)(=O)SC2)O1. The van der Waals surface area contributed by atoms with Gasteiger partial charge in [0.1, 0.15) is 13.4 Å². The first-order valence-electron chi connectivity index (χ1n) is 4.74. The molecule has 0 aliphatic carbocycles. The van der Waals surface area contributed by atoms with Crippen LogP contribution in [0.25, 0.3) is 0 Å². The summed E-state index contributed by atoms with van der Waals surface area (Å²) >= 11 is 1.38. The van der Waals surface area contributed by atoms with Gasteiger partial charge in [0.25, 0.3) is 6.57 Å². The minimum absolute atomic E-state index is 0.191. The lowest BCUT2D eigenvalue weighted by molar-refractivity contribution is -0.0442. The summed E-state index contributed by atoms with van der Waals surface area (Å²) in [6, 6.07) is -0.191. The van der Waals surface area contributed by atoms with Crippen LogP contribution in [-0.2, 0) is 13.8 Å². The zero-order valence-electron chi connectivity index (χ0n) is 8.43. The Balaban J connectivity index is 2.09. The zero-order valence-corrected chi connectivity index (χ0v) is 10.1. The van der Waals surface area contributed by atoms with Crippen LogP contribution in [0.5, 0.6) is 0 Å². The molecule has 0 aromatic heterocycles. The topological polar surface area (TPSA) is 35.5 Å². The van der Waals surface area contributed by atoms with Gasteiger partial charge in [-0.2, -0.15) is 0 Å². The van der Waals surface area contributed by atoms with Crippen LogP contribution < -0.4 is 0 Å². The maximum Gasteiger partial charge on any atom is 0.254 e. The number of rotatable bonds is 0. The molecular formula is C8H14BO3PS. The second-order valence-electron chi connectivity index (χ2n) is 4.18. The number of hydrogen-bond acceptors (Lipinski definition) is 4. The van der Waals surface area contributed by atoms with Crippen molar-refractivity contribution in [1.29, 1.82) is 0 Å². The molecule has 0 amide bonds. The van der Waals surface area contributed by atoms with E-state index in [0.29, 0.717) is 12.5 Å². The molecule has 3 nitrogen and oxygen atoms in total. The van der Waals surface area contributed by atoms with E-state index in [2.05, 4.69) is 6.92 Å². The van der Waals surface area contributed by atoms with E-state index in [1.54, 1.807) is 6.66 Å². The Morgan fingerprint density at radius 2 is 2.36 bits per heavy atom. The lowest BCUT2D eigenvalue weighted by Gasteiger charge is -2.38. The Bertz CT molecular complexity index is 274. The lowest BCUT2D eigenvalue weighted by atomic mass is 9.87. The van der Waals surface area contributed by atoms with Crippen LogP contribution in [0.4, 0.5) is 0 Å². The third kappa shape index (κ3) is 1.92. The minimum Gasteiger partial charge on any atom is -0.378 e. The first-order chi connectivity index (χ1) is 6.44. The summed E-state index contributed by atoms with van der Waals surface area (Å²) in [6.07, 6.45) is 0.859. The molecule has 0 saturated carbocycles. The minimum atomic E-state index is -2.42. The molecular weight excluding hydrogens is 218 g/mol. The van der Waals surface area contributed by atoms with E-state index in [1.807, 2.05) is 0 Å². The van der Waals surface area contributed by atoms with Crippen molar-refractivity contribution < 1.29 is 13.8 Å². The largest absolute Gasteiger partial charge is 0.378 e. The first kappa shape index (κ1) is 11.1. The normalized spacial score (nSPS) is 53.9. The maximum atomic E-state index is 11.6. The fraction of sp³-hybridized carbons (Fsp3) is 1.00. The highest BCUT2D eigenvalue weighted by molar-refractivity contribution is 8.56. The fourth-order valence-corrected chi connectivity index (χ4v) is 5.07. The summed E-state index contributed by atoms with van der Waals surface area (Å²) in [5, 5.41) is 0. The van der Waals surface area contributed by atoms with Crippen molar-refractivity contribution in [1.82, 2.24) is 0 Å². The second-order valence-corrected chi connectivity index (χ2v) is 9.29. The third-order valence-corrected chi connectivity index (χ3v) is 6.75. The van der Waals surface area contributed by atoms with E-state index in [0.717, 1.165) is 12.2 Å². The standard InChI is InChI=1S/C8H14BO3PS/c1-6-3-7(9)12-8(6)4-11-13(2,10)14-5-8/h6-7H,3-5H2,1-2H3/t6?,7-,8-,13?/m1/s1. The Labute approximate surface area is 89.9 Å². The van der Waals surface area contributed by atoms with Crippen molar-refractivity contribution in [2.75, 3.05) is 19.0 Å². The average molecular weight is 232 g/mol. The summed E-state index contributed by atoms with van der Waals surface area (Å²) in [6.45, 7) is 1.77. The predicted molar refractivity (Wildman–Crippen MR) is 59.1 cm³/mol. The van der Waals surface area contributed by atoms with Crippen LogP contribution >= 0.6 is 18.0 Å². The van der Waals surface area contributed by atoms with Crippen LogP contribution in [0.2, 0.25) is 0 Å². The second kappa shape index (κ2) is 3.55. The Morgan fingerprint density at radius 3 is 2.79 bits per heavy atom. The molecule has 2 unspecified atom stereocenters. The van der Waals surface area contributed by atoms with Crippen molar-refractivity contribution in [3.63, 3.8) is 0 Å². The van der Waals surface area contributed by atoms with Gasteiger partial charge in [0, 0.05) is 18.4 Å². The molecule has 14 heavy (non-hydrogen) atoms. The molecule has 6 heteroatoms. The molecule has 4 atom stereocenters. The zero-order chi connectivity index (χ0) is 10.4. The molecule has 2 radical (unpaired) electrons. The lowest BCUT2D eigenvalue weighted by Crippen LogP contribution is -2.44. The van der Waals surface area contributed by atoms with Gasteiger partial charge in [-0.05, 0) is 12.3 Å². The smallest absolute Gasteiger partial charge is 0.254 e. The van der Waals surface area contributed by atoms with Crippen molar-refractivity contribution in [2.45, 2.75) is 24.9 Å². The number of ether oxygens (including phenoxy) is 1. The Hall–Kier alpha value is 0.565. The van der Waals surface area contributed by atoms with Crippen LogP contribution in [0.15, 0.2) is 0 Å². The highest BCUT2D eigenvalue weighted by Gasteiger charge is 2.49. The van der Waals surface area contributed by atoms with Gasteiger partial charge in [-0.1, -0.05) is 18.3 Å². The van der Waals surface area contributed by atoms with E-state index < -0.39 is 6.57 Å². The van der Waals surface area contributed by atoms with E-state index >= 15 is 0 Å². The molecule has 0 aromatic rings. The van der Waals surface area contributed by atoms with E-state index in [9.17, 15) is 4.57 Å². The highest BCUT2D eigenvalue weighted by atomic mass is 32.7. The van der Waals surface area contributed by atoms with E-state index in [-0.39, 0.29) is 11.6 Å². The molecule has 0 aromatic carbocycles. The molecule has 2 aliphatic heterocycles. The monoisotopic (exact) mass is 232 g/mol. The van der Waals surface area contributed by atoms with Gasteiger partial charge in [-0.3, -0.25) is 4.57 Å². The van der Waals surface area contributed by atoms with Gasteiger partial charge < -0.3 is 9.26 Å². The Kier molecular flexibility index (Phi) is 2.80. The molecule has 1 spiro atoms. The van der Waals surface area contributed by atoms with Crippen molar-refractivity contribution in [3.05, 3.63) is 0 Å². The van der Waals surface area contributed by atoms with Crippen LogP contribution in [0.1, 0.15) is 13.3 Å². The maximum absolute atomic E-state index is 11.6. The Morgan fingerprint density at radius 1 is 1.64 bits per heavy atom. The van der Waals surface area contributed by atoms with Gasteiger partial charge in [0.05, 0.1) is 6.61 Å². The molecule has 2 heterocycles. The molecule has 2 saturated heterocycles. The summed E-state index contributed by atoms with van der Waals surface area (Å²) < 4.78 is 22.7. The van der Waals surface area contributed by atoms with Gasteiger partial charge in [-0.25, -0.2) is 0 Å². The molecule has 78 valence electrons. The summed E-state index contributed by atoms with van der Waals surface area (Å²) in [5.41, 5.74) is -0.298. The summed E-state index contributed by atoms with van der Waals surface area (Å²) in [4.78, 5) is 0. The first-order valence-corrected chi connectivity index (χ1v) is 8.40. The van der Waals surface area contributed by atoms with Crippen molar-refractivity contribution in [3.8, 4) is 0 Å². The van der Waals surface area contributed by atoms with Crippen LogP contribution in [0.3, 0.4) is 0 Å². The van der Waals surface area contributed by atoms with Gasteiger partial charge >= 0.3 is 0 Å². The van der Waals surface area contributed by atoms with Crippen LogP contribution in [0, 0.1) is 5.92 Å².